The van der Waals surface area contributed by atoms with Crippen LogP contribution in [0, 0.1) is 11.8 Å². The summed E-state index contributed by atoms with van der Waals surface area (Å²) in [5, 5.41) is 14.0. The van der Waals surface area contributed by atoms with Crippen LogP contribution in [0.3, 0.4) is 0 Å². The maximum atomic E-state index is 15.2. The number of amides is 3. The van der Waals surface area contributed by atoms with Crippen LogP contribution in [-0.4, -0.2) is 126 Å². The van der Waals surface area contributed by atoms with E-state index in [0.717, 1.165) is 24.2 Å². The van der Waals surface area contributed by atoms with Crippen molar-refractivity contribution in [2.24, 2.45) is 11.8 Å². The van der Waals surface area contributed by atoms with E-state index in [1.807, 2.05) is 72.8 Å². The normalized spacial score (nSPS) is 31.2. The molecule has 0 radical (unpaired) electrons. The zero-order valence-corrected chi connectivity index (χ0v) is 30.6. The number of hydrogen-bond donors (Lipinski definition) is 2. The van der Waals surface area contributed by atoms with Gasteiger partial charge < -0.3 is 34.4 Å². The third-order valence-corrected chi connectivity index (χ3v) is 11.5. The molecule has 5 heterocycles. The van der Waals surface area contributed by atoms with Gasteiger partial charge in [-0.25, -0.2) is 0 Å². The zero-order valence-electron chi connectivity index (χ0n) is 29.0. The van der Waals surface area contributed by atoms with Crippen LogP contribution < -0.4 is 5.32 Å². The van der Waals surface area contributed by atoms with Crippen molar-refractivity contribution < 1.29 is 38.5 Å². The van der Waals surface area contributed by atoms with Crippen LogP contribution in [0.5, 0.6) is 0 Å². The molecule has 5 aliphatic heterocycles. The van der Waals surface area contributed by atoms with Crippen LogP contribution in [0.4, 0.5) is 0 Å². The molecule has 7 atom stereocenters. The van der Waals surface area contributed by atoms with E-state index < -0.39 is 66.1 Å². The van der Waals surface area contributed by atoms with Crippen LogP contribution in [0.25, 0.3) is 0 Å². The number of esters is 1. The molecule has 276 valence electrons. The Morgan fingerprint density at radius 3 is 2.40 bits per heavy atom. The number of rotatable bonds is 8. The number of aliphatic hydroxyl groups excluding tert-OH is 1. The number of nitrogens with zero attached hydrogens (tertiary/aromatic N) is 3. The van der Waals surface area contributed by atoms with Gasteiger partial charge in [-0.15, -0.1) is 0 Å². The molecule has 0 unspecified atom stereocenters. The van der Waals surface area contributed by atoms with Crippen molar-refractivity contribution in [2.75, 3.05) is 59.2 Å². The number of likely N-dealkylation sites (tertiary alicyclic amines) is 1. The van der Waals surface area contributed by atoms with E-state index in [-0.39, 0.29) is 25.5 Å². The number of cyclic esters (lactones) is 1. The number of aliphatic hydroxyl groups is 1. The van der Waals surface area contributed by atoms with Crippen LogP contribution in [0.2, 0.25) is 0 Å². The minimum absolute atomic E-state index is 0.0937. The highest BCUT2D eigenvalue weighted by Gasteiger charge is 2.75. The first-order valence-electron chi connectivity index (χ1n) is 18.1. The Bertz CT molecular complexity index is 1690. The topological polar surface area (TPSA) is 138 Å². The number of carbonyl (C=O) groups is 4. The van der Waals surface area contributed by atoms with E-state index in [1.165, 1.54) is 4.90 Å². The molecule has 5 bridgehead atoms. The maximum Gasteiger partial charge on any atom is 0.306 e. The smallest absolute Gasteiger partial charge is 0.306 e. The molecule has 12 nitrogen and oxygen atoms in total. The molecule has 52 heavy (non-hydrogen) atoms. The molecular weight excluding hydrogens is 732 g/mol. The van der Waals surface area contributed by atoms with E-state index in [1.54, 1.807) is 11.0 Å². The van der Waals surface area contributed by atoms with E-state index in [9.17, 15) is 19.5 Å². The number of halogens is 1. The molecule has 0 saturated carbocycles. The van der Waals surface area contributed by atoms with Gasteiger partial charge in [-0.1, -0.05) is 88.7 Å². The largest absolute Gasteiger partial charge is 0.463 e. The highest BCUT2D eigenvalue weighted by Crippen LogP contribution is 2.59. The Balaban J connectivity index is 1.30. The highest BCUT2D eigenvalue weighted by molar-refractivity contribution is 9.11. The summed E-state index contributed by atoms with van der Waals surface area (Å²) in [5.74, 6) is -3.64. The molecular formula is C39H45BrN4O8. The zero-order chi connectivity index (χ0) is 36.2. The molecule has 2 N–H and O–H groups in total. The first-order chi connectivity index (χ1) is 25.3. The second-order valence-electron chi connectivity index (χ2n) is 14.0. The summed E-state index contributed by atoms with van der Waals surface area (Å²) in [7, 11) is 0. The quantitative estimate of drug-likeness (QED) is 0.306. The van der Waals surface area contributed by atoms with Gasteiger partial charge in [-0.2, -0.15) is 0 Å². The first kappa shape index (κ1) is 36.5. The maximum absolute atomic E-state index is 15.2. The lowest BCUT2D eigenvalue weighted by Gasteiger charge is -2.39. The Morgan fingerprint density at radius 2 is 1.67 bits per heavy atom. The molecule has 0 aliphatic carbocycles. The summed E-state index contributed by atoms with van der Waals surface area (Å²) in [5.41, 5.74) is 0.169. The minimum atomic E-state index is -1.46. The lowest BCUT2D eigenvalue weighted by Crippen LogP contribution is -2.59. The minimum Gasteiger partial charge on any atom is -0.463 e. The van der Waals surface area contributed by atoms with Crippen molar-refractivity contribution in [3.63, 3.8) is 0 Å². The second kappa shape index (κ2) is 16.0. The Kier molecular flexibility index (Phi) is 11.2. The summed E-state index contributed by atoms with van der Waals surface area (Å²) in [6.07, 6.45) is 5.55. The predicted molar refractivity (Wildman–Crippen MR) is 194 cm³/mol. The molecule has 2 aromatic carbocycles. The van der Waals surface area contributed by atoms with Gasteiger partial charge in [0.25, 0.3) is 0 Å². The van der Waals surface area contributed by atoms with Gasteiger partial charge in [-0.05, 0) is 30.0 Å². The predicted octanol–water partition coefficient (Wildman–Crippen LogP) is 2.37. The molecule has 5 aliphatic rings. The molecule has 0 aromatic heterocycles. The summed E-state index contributed by atoms with van der Waals surface area (Å²) in [4.78, 5) is 62.9. The fourth-order valence-corrected chi connectivity index (χ4v) is 9.00. The van der Waals surface area contributed by atoms with Gasteiger partial charge in [0, 0.05) is 43.6 Å². The van der Waals surface area contributed by atoms with Gasteiger partial charge >= 0.3 is 5.97 Å². The standard InChI is InChI=1S/C39H45BrN4O8/c40-29-23-39-33-32(34(29)52-39)36(47)41-30(27-12-6-2-7-13-27)25-51-31(46)14-8-3-9-15-43(17-16-42-18-20-50-21-19-42)38(49)35(39)44(37(33)48)28(24-45)22-26-10-4-1-5-11-26/h1-7,9-13,23,28,30,32-35,45H,8,14-22,24-25H2,(H,41,47)/b9-3-/t28-,30-,32-,33+,34-,35-,39+/m1/s1. The lowest BCUT2D eigenvalue weighted by atomic mass is 9.74. The average molecular weight is 778 g/mol. The van der Waals surface area contributed by atoms with E-state index in [4.69, 9.17) is 14.2 Å². The fraction of sp³-hybridized carbons (Fsp3) is 0.487. The van der Waals surface area contributed by atoms with Crippen LogP contribution in [-0.2, 0) is 39.8 Å². The Hall–Kier alpha value is -3.88. The Labute approximate surface area is 311 Å². The second-order valence-corrected chi connectivity index (χ2v) is 14.9. The van der Waals surface area contributed by atoms with Crippen molar-refractivity contribution in [1.29, 1.82) is 0 Å². The van der Waals surface area contributed by atoms with Gasteiger partial charge in [0.05, 0.1) is 43.7 Å². The number of morpholine rings is 1. The first-order valence-corrected chi connectivity index (χ1v) is 18.9. The number of benzene rings is 2. The van der Waals surface area contributed by atoms with Crippen molar-refractivity contribution >= 4 is 39.6 Å². The van der Waals surface area contributed by atoms with Crippen molar-refractivity contribution in [1.82, 2.24) is 20.0 Å². The fourth-order valence-electron chi connectivity index (χ4n) is 8.26. The van der Waals surface area contributed by atoms with E-state index in [2.05, 4.69) is 26.1 Å². The summed E-state index contributed by atoms with van der Waals surface area (Å²) in [6.45, 7) is 3.40. The van der Waals surface area contributed by atoms with E-state index in [0.29, 0.717) is 43.6 Å². The van der Waals surface area contributed by atoms with Gasteiger partial charge in [0.1, 0.15) is 24.4 Å². The monoisotopic (exact) mass is 776 g/mol. The van der Waals surface area contributed by atoms with Crippen LogP contribution in [0.15, 0.2) is 83.4 Å². The molecule has 2 aromatic rings. The Morgan fingerprint density at radius 1 is 0.942 bits per heavy atom. The number of hydrogen-bond acceptors (Lipinski definition) is 9. The van der Waals surface area contributed by atoms with E-state index >= 15 is 4.79 Å². The average Bonchev–Trinajstić information content (AvgIpc) is 3.77. The van der Waals surface area contributed by atoms with Crippen molar-refractivity contribution in [3.8, 4) is 0 Å². The number of nitrogens with one attached hydrogen (secondary N) is 1. The number of allylic oxidation sites excluding steroid dienone is 1. The van der Waals surface area contributed by atoms with Crippen molar-refractivity contribution in [2.45, 2.75) is 49.1 Å². The molecule has 7 rings (SSSR count). The summed E-state index contributed by atoms with van der Waals surface area (Å²) >= 11 is 3.64. The van der Waals surface area contributed by atoms with Crippen LogP contribution >= 0.6 is 15.9 Å². The molecule has 3 amide bonds. The number of fused-ring (bicyclic) bond motifs is 2. The van der Waals surface area contributed by atoms with Crippen LogP contribution in [0.1, 0.15) is 30.0 Å². The number of ether oxygens (including phenoxy) is 3. The lowest BCUT2D eigenvalue weighted by molar-refractivity contribution is -0.150. The molecule has 1 spiro atoms. The molecule has 3 fully saturated rings. The van der Waals surface area contributed by atoms with Gasteiger partial charge in [-0.3, -0.25) is 24.1 Å². The molecule has 13 heteroatoms. The van der Waals surface area contributed by atoms with Gasteiger partial charge in [0.2, 0.25) is 17.7 Å². The number of carbonyl (C=O) groups excluding carboxylic acids is 4. The summed E-state index contributed by atoms with van der Waals surface area (Å²) < 4.78 is 18.5. The molecule has 3 saturated heterocycles. The SMILES string of the molecule is O=C1CC/C=C\CN(CCN2CCOCC2)C(=O)[C@H]2N([C@@H](CO)Cc3ccccc3)C(=O)[C@@H]3[C@@H](C(=O)N[C@@H](c4ccccc4)CO1)[C@@H]1O[C@@]32C=C1Br. The third kappa shape index (κ3) is 7.21. The third-order valence-electron chi connectivity index (χ3n) is 10.9. The summed E-state index contributed by atoms with van der Waals surface area (Å²) in [6, 6.07) is 16.2. The van der Waals surface area contributed by atoms with Crippen molar-refractivity contribution in [3.05, 3.63) is 94.5 Å². The highest BCUT2D eigenvalue weighted by atomic mass is 79.9. The van der Waals surface area contributed by atoms with Gasteiger partial charge in [0.15, 0.2) is 0 Å².